The lowest BCUT2D eigenvalue weighted by Crippen LogP contribution is -2.01. The van der Waals surface area contributed by atoms with E-state index < -0.39 is 0 Å². The molecule has 1 aromatic carbocycles. The minimum Gasteiger partial charge on any atom is -0.378 e. The van der Waals surface area contributed by atoms with Crippen molar-refractivity contribution in [1.82, 2.24) is 9.97 Å². The average Bonchev–Trinajstić information content (AvgIpc) is 2.32. The van der Waals surface area contributed by atoms with Crippen LogP contribution < -0.4 is 5.32 Å². The van der Waals surface area contributed by atoms with Crippen molar-refractivity contribution >= 4 is 39.2 Å². The van der Waals surface area contributed by atoms with E-state index in [0.717, 1.165) is 15.9 Å². The number of halogens is 2. The molecule has 0 spiro atoms. The van der Waals surface area contributed by atoms with Gasteiger partial charge in [0.1, 0.15) is 5.15 Å². The Morgan fingerprint density at radius 3 is 2.67 bits per heavy atom. The van der Waals surface area contributed by atoms with Crippen molar-refractivity contribution < 1.29 is 4.74 Å². The van der Waals surface area contributed by atoms with Gasteiger partial charge in [-0.15, -0.1) is 0 Å². The first kappa shape index (κ1) is 13.3. The van der Waals surface area contributed by atoms with E-state index in [0.29, 0.717) is 17.7 Å². The molecule has 2 rings (SSSR count). The van der Waals surface area contributed by atoms with Gasteiger partial charge in [0.25, 0.3) is 0 Å². The third kappa shape index (κ3) is 3.66. The van der Waals surface area contributed by atoms with E-state index in [2.05, 4.69) is 31.2 Å². The predicted molar refractivity (Wildman–Crippen MR) is 75.2 cm³/mol. The van der Waals surface area contributed by atoms with Gasteiger partial charge >= 0.3 is 0 Å². The van der Waals surface area contributed by atoms with Gasteiger partial charge < -0.3 is 10.1 Å². The topological polar surface area (TPSA) is 47.0 Å². The van der Waals surface area contributed by atoms with Crippen molar-refractivity contribution in [2.24, 2.45) is 0 Å². The number of rotatable bonds is 4. The highest BCUT2D eigenvalue weighted by Gasteiger charge is 2.03. The fourth-order valence-corrected chi connectivity index (χ4v) is 1.87. The van der Waals surface area contributed by atoms with Crippen LogP contribution >= 0.6 is 27.5 Å². The molecule has 1 N–H and O–H groups in total. The summed E-state index contributed by atoms with van der Waals surface area (Å²) in [5.41, 5.74) is 1.63. The summed E-state index contributed by atoms with van der Waals surface area (Å²) in [5, 5.41) is 3.47. The normalized spacial score (nSPS) is 10.4. The average molecular weight is 329 g/mol. The van der Waals surface area contributed by atoms with Crippen molar-refractivity contribution in [2.45, 2.75) is 6.61 Å². The maximum absolute atomic E-state index is 5.92. The Bertz CT molecular complexity index is 533. The van der Waals surface area contributed by atoms with E-state index in [9.17, 15) is 0 Å². The van der Waals surface area contributed by atoms with Gasteiger partial charge in [-0.2, -0.15) is 0 Å². The summed E-state index contributed by atoms with van der Waals surface area (Å²) < 4.78 is 6.03. The van der Waals surface area contributed by atoms with Crippen LogP contribution in [0.5, 0.6) is 0 Å². The Kier molecular flexibility index (Phi) is 4.52. The van der Waals surface area contributed by atoms with Crippen molar-refractivity contribution in [3.8, 4) is 0 Å². The van der Waals surface area contributed by atoms with Crippen LogP contribution in [-0.2, 0) is 11.3 Å². The summed E-state index contributed by atoms with van der Waals surface area (Å²) in [7, 11) is 1.61. The van der Waals surface area contributed by atoms with Crippen LogP contribution in [0.25, 0.3) is 0 Å². The zero-order chi connectivity index (χ0) is 13.0. The zero-order valence-electron chi connectivity index (χ0n) is 9.65. The summed E-state index contributed by atoms with van der Waals surface area (Å²) in [5.74, 6) is 0.455. The Morgan fingerprint density at radius 1 is 1.28 bits per heavy atom. The van der Waals surface area contributed by atoms with Crippen LogP contribution in [-0.4, -0.2) is 17.1 Å². The molecule has 0 aliphatic rings. The maximum atomic E-state index is 5.92. The Balaban J connectivity index is 2.20. The van der Waals surface area contributed by atoms with Gasteiger partial charge in [0.05, 0.1) is 12.3 Å². The number of ether oxygens (including phenoxy) is 1. The molecule has 0 radical (unpaired) electrons. The SMILES string of the molecule is COCc1cc(Cl)nc(Nc2ccc(Br)cc2)n1. The van der Waals surface area contributed by atoms with Crippen LogP contribution in [0.15, 0.2) is 34.8 Å². The van der Waals surface area contributed by atoms with E-state index in [4.69, 9.17) is 16.3 Å². The molecule has 0 aliphatic heterocycles. The highest BCUT2D eigenvalue weighted by atomic mass is 79.9. The van der Waals surface area contributed by atoms with E-state index in [-0.39, 0.29) is 0 Å². The molecule has 0 unspecified atom stereocenters. The lowest BCUT2D eigenvalue weighted by Gasteiger charge is -2.07. The van der Waals surface area contributed by atoms with Gasteiger partial charge in [-0.05, 0) is 30.3 Å². The number of nitrogens with zero attached hydrogens (tertiary/aromatic N) is 2. The van der Waals surface area contributed by atoms with Gasteiger partial charge in [-0.25, -0.2) is 9.97 Å². The number of benzene rings is 1. The molecule has 0 atom stereocenters. The van der Waals surface area contributed by atoms with Gasteiger partial charge in [-0.3, -0.25) is 0 Å². The number of nitrogens with one attached hydrogen (secondary N) is 1. The summed E-state index contributed by atoms with van der Waals surface area (Å²) in [6.45, 7) is 0.400. The van der Waals surface area contributed by atoms with E-state index >= 15 is 0 Å². The lowest BCUT2D eigenvalue weighted by atomic mass is 10.3. The largest absolute Gasteiger partial charge is 0.378 e. The highest BCUT2D eigenvalue weighted by Crippen LogP contribution is 2.18. The number of anilines is 2. The number of aromatic nitrogens is 2. The standard InChI is InChI=1S/C12H11BrClN3O/c1-18-7-10-6-11(14)17-12(16-10)15-9-4-2-8(13)3-5-9/h2-6H,7H2,1H3,(H,15,16,17). The molecule has 0 amide bonds. The fraction of sp³-hybridized carbons (Fsp3) is 0.167. The smallest absolute Gasteiger partial charge is 0.228 e. The van der Waals surface area contributed by atoms with Gasteiger partial charge in [0, 0.05) is 17.3 Å². The van der Waals surface area contributed by atoms with Crippen LogP contribution in [0.1, 0.15) is 5.69 Å². The molecule has 0 bridgehead atoms. The highest BCUT2D eigenvalue weighted by molar-refractivity contribution is 9.10. The molecular weight excluding hydrogens is 318 g/mol. The summed E-state index contributed by atoms with van der Waals surface area (Å²) >= 11 is 9.30. The summed E-state index contributed by atoms with van der Waals surface area (Å²) in [6, 6.07) is 9.39. The van der Waals surface area contributed by atoms with Gasteiger partial charge in [0.15, 0.2) is 0 Å². The van der Waals surface area contributed by atoms with Crippen molar-refractivity contribution in [3.05, 3.63) is 45.7 Å². The van der Waals surface area contributed by atoms with Crippen molar-refractivity contribution in [3.63, 3.8) is 0 Å². The molecule has 94 valence electrons. The minimum atomic E-state index is 0.386. The van der Waals surface area contributed by atoms with Crippen molar-refractivity contribution in [2.75, 3.05) is 12.4 Å². The second-order valence-electron chi connectivity index (χ2n) is 3.57. The number of methoxy groups -OCH3 is 1. The molecule has 0 saturated carbocycles. The monoisotopic (exact) mass is 327 g/mol. The fourth-order valence-electron chi connectivity index (χ4n) is 1.40. The van der Waals surface area contributed by atoms with Crippen LogP contribution in [0, 0.1) is 0 Å². The van der Waals surface area contributed by atoms with Crippen molar-refractivity contribution in [1.29, 1.82) is 0 Å². The molecule has 6 heteroatoms. The first-order valence-corrected chi connectivity index (χ1v) is 6.39. The van der Waals surface area contributed by atoms with Gasteiger partial charge in [-0.1, -0.05) is 27.5 Å². The van der Waals surface area contributed by atoms with Crippen LogP contribution in [0.2, 0.25) is 5.15 Å². The molecule has 0 fully saturated rings. The molecule has 18 heavy (non-hydrogen) atoms. The quantitative estimate of drug-likeness (QED) is 0.868. The molecule has 0 saturated heterocycles. The summed E-state index contributed by atoms with van der Waals surface area (Å²) in [4.78, 5) is 8.41. The molecule has 4 nitrogen and oxygen atoms in total. The number of hydrogen-bond donors (Lipinski definition) is 1. The Labute approximate surface area is 118 Å². The number of hydrogen-bond acceptors (Lipinski definition) is 4. The Hall–Kier alpha value is -1.17. The molecule has 1 aromatic heterocycles. The van der Waals surface area contributed by atoms with Crippen LogP contribution in [0.3, 0.4) is 0 Å². The first-order valence-electron chi connectivity index (χ1n) is 5.22. The second kappa shape index (κ2) is 6.13. The first-order chi connectivity index (χ1) is 8.67. The molecular formula is C12H11BrClN3O. The lowest BCUT2D eigenvalue weighted by molar-refractivity contribution is 0.181. The molecule has 0 aliphatic carbocycles. The predicted octanol–water partition coefficient (Wildman–Crippen LogP) is 3.78. The zero-order valence-corrected chi connectivity index (χ0v) is 12.0. The van der Waals surface area contributed by atoms with E-state index in [1.807, 2.05) is 24.3 Å². The maximum Gasteiger partial charge on any atom is 0.228 e. The van der Waals surface area contributed by atoms with Gasteiger partial charge in [0.2, 0.25) is 5.95 Å². The van der Waals surface area contributed by atoms with E-state index in [1.54, 1.807) is 13.2 Å². The van der Waals surface area contributed by atoms with E-state index in [1.165, 1.54) is 0 Å². The minimum absolute atomic E-state index is 0.386. The Morgan fingerprint density at radius 2 is 2.00 bits per heavy atom. The third-order valence-corrected chi connectivity index (χ3v) is 2.86. The molecule has 2 aromatic rings. The second-order valence-corrected chi connectivity index (χ2v) is 4.87. The molecule has 1 heterocycles. The third-order valence-electron chi connectivity index (χ3n) is 2.14. The van der Waals surface area contributed by atoms with Crippen LogP contribution in [0.4, 0.5) is 11.6 Å². The summed E-state index contributed by atoms with van der Waals surface area (Å²) in [6.07, 6.45) is 0.